The zero-order chi connectivity index (χ0) is 12.0. The Labute approximate surface area is 98.1 Å². The zero-order valence-corrected chi connectivity index (χ0v) is 10.6. The third kappa shape index (κ3) is 4.84. The maximum Gasteiger partial charge on any atom is 0.315 e. The van der Waals surface area contributed by atoms with Gasteiger partial charge in [0, 0.05) is 26.3 Å². The van der Waals surface area contributed by atoms with Gasteiger partial charge in [0.25, 0.3) is 0 Å². The van der Waals surface area contributed by atoms with Crippen LogP contribution < -0.4 is 10.6 Å². The van der Waals surface area contributed by atoms with Crippen LogP contribution in [-0.2, 0) is 4.74 Å². The molecule has 1 aliphatic carbocycles. The van der Waals surface area contributed by atoms with E-state index in [1.165, 1.54) is 6.42 Å². The van der Waals surface area contributed by atoms with Crippen molar-refractivity contribution in [3.63, 3.8) is 0 Å². The van der Waals surface area contributed by atoms with Gasteiger partial charge in [-0.3, -0.25) is 0 Å². The third-order valence-corrected chi connectivity index (χ3v) is 3.15. The molecule has 1 saturated carbocycles. The van der Waals surface area contributed by atoms with E-state index in [-0.39, 0.29) is 11.4 Å². The first-order valence-corrected chi connectivity index (χ1v) is 6.07. The molecule has 2 N–H and O–H groups in total. The number of hydrogen-bond donors (Lipinski definition) is 2. The molecule has 0 unspecified atom stereocenters. The molecule has 0 saturated heterocycles. The molecule has 94 valence electrons. The van der Waals surface area contributed by atoms with Gasteiger partial charge < -0.3 is 15.4 Å². The van der Waals surface area contributed by atoms with Crippen LogP contribution in [0.2, 0.25) is 0 Å². The number of rotatable bonds is 6. The van der Waals surface area contributed by atoms with Gasteiger partial charge in [-0.05, 0) is 31.1 Å². The van der Waals surface area contributed by atoms with Gasteiger partial charge in [-0.15, -0.1) is 0 Å². The largest absolute Gasteiger partial charge is 0.385 e. The van der Waals surface area contributed by atoms with Gasteiger partial charge in [0.15, 0.2) is 0 Å². The minimum atomic E-state index is -0.0322. The first kappa shape index (κ1) is 13.3. The maximum absolute atomic E-state index is 11.5. The van der Waals surface area contributed by atoms with E-state index in [4.69, 9.17) is 4.74 Å². The summed E-state index contributed by atoms with van der Waals surface area (Å²) in [6, 6.07) is 0.372. The van der Waals surface area contributed by atoms with E-state index in [1.54, 1.807) is 7.11 Å². The van der Waals surface area contributed by atoms with Crippen LogP contribution in [-0.4, -0.2) is 32.3 Å². The van der Waals surface area contributed by atoms with E-state index < -0.39 is 0 Å². The summed E-state index contributed by atoms with van der Waals surface area (Å²) in [5.41, 5.74) is 0.0902. The Kier molecular flexibility index (Phi) is 5.06. The van der Waals surface area contributed by atoms with Gasteiger partial charge >= 0.3 is 6.03 Å². The van der Waals surface area contributed by atoms with Crippen LogP contribution >= 0.6 is 0 Å². The molecule has 2 amide bonds. The average molecular weight is 228 g/mol. The number of urea groups is 1. The van der Waals surface area contributed by atoms with Crippen LogP contribution in [0.15, 0.2) is 0 Å². The molecule has 0 aromatic heterocycles. The van der Waals surface area contributed by atoms with Crippen molar-refractivity contribution in [3.05, 3.63) is 0 Å². The lowest BCUT2D eigenvalue weighted by Gasteiger charge is -2.28. The highest BCUT2D eigenvalue weighted by molar-refractivity contribution is 5.74. The van der Waals surface area contributed by atoms with Crippen LogP contribution in [0.4, 0.5) is 4.79 Å². The second kappa shape index (κ2) is 6.09. The maximum atomic E-state index is 11.5. The monoisotopic (exact) mass is 228 g/mol. The second-order valence-electron chi connectivity index (χ2n) is 5.36. The SMILES string of the molecule is COCCC(C)(C)CNC(=O)NC1CCC1. The van der Waals surface area contributed by atoms with Crippen molar-refractivity contribution in [1.82, 2.24) is 10.6 Å². The Morgan fingerprint density at radius 3 is 2.62 bits per heavy atom. The summed E-state index contributed by atoms with van der Waals surface area (Å²) in [6.07, 6.45) is 4.44. The van der Waals surface area contributed by atoms with Crippen LogP contribution in [0.5, 0.6) is 0 Å². The van der Waals surface area contributed by atoms with Crippen LogP contribution in [0.1, 0.15) is 39.5 Å². The molecular weight excluding hydrogens is 204 g/mol. The molecule has 0 aromatic carbocycles. The fourth-order valence-electron chi connectivity index (χ4n) is 1.58. The summed E-state index contributed by atoms with van der Waals surface area (Å²) in [4.78, 5) is 11.5. The van der Waals surface area contributed by atoms with Crippen molar-refractivity contribution in [2.75, 3.05) is 20.3 Å². The normalized spacial score (nSPS) is 16.7. The lowest BCUT2D eigenvalue weighted by atomic mass is 9.90. The highest BCUT2D eigenvalue weighted by Crippen LogP contribution is 2.19. The van der Waals surface area contributed by atoms with Crippen LogP contribution in [0.3, 0.4) is 0 Å². The Morgan fingerprint density at radius 2 is 2.12 bits per heavy atom. The molecule has 0 spiro atoms. The topological polar surface area (TPSA) is 50.4 Å². The number of methoxy groups -OCH3 is 1. The summed E-state index contributed by atoms with van der Waals surface area (Å²) in [5.74, 6) is 0. The van der Waals surface area contributed by atoms with E-state index >= 15 is 0 Å². The molecule has 0 aromatic rings. The minimum absolute atomic E-state index is 0.0322. The van der Waals surface area contributed by atoms with Gasteiger partial charge in [-0.1, -0.05) is 13.8 Å². The molecule has 4 nitrogen and oxygen atoms in total. The van der Waals surface area contributed by atoms with E-state index in [2.05, 4.69) is 24.5 Å². The number of carbonyl (C=O) groups is 1. The van der Waals surface area contributed by atoms with Crippen LogP contribution in [0, 0.1) is 5.41 Å². The molecular formula is C12H24N2O2. The summed E-state index contributed by atoms with van der Waals surface area (Å²) in [7, 11) is 1.70. The molecule has 16 heavy (non-hydrogen) atoms. The number of amides is 2. The lowest BCUT2D eigenvalue weighted by molar-refractivity contribution is 0.150. The quantitative estimate of drug-likeness (QED) is 0.729. The van der Waals surface area contributed by atoms with Crippen molar-refractivity contribution < 1.29 is 9.53 Å². The van der Waals surface area contributed by atoms with Gasteiger partial charge in [-0.25, -0.2) is 4.79 Å². The van der Waals surface area contributed by atoms with Crippen LogP contribution in [0.25, 0.3) is 0 Å². The van der Waals surface area contributed by atoms with Crippen molar-refractivity contribution >= 4 is 6.03 Å². The minimum Gasteiger partial charge on any atom is -0.385 e. The molecule has 0 atom stereocenters. The number of hydrogen-bond acceptors (Lipinski definition) is 2. The van der Waals surface area contributed by atoms with E-state index in [9.17, 15) is 4.79 Å². The molecule has 0 bridgehead atoms. The highest BCUT2D eigenvalue weighted by atomic mass is 16.5. The van der Waals surface area contributed by atoms with Gasteiger partial charge in [-0.2, -0.15) is 0 Å². The molecule has 1 aliphatic rings. The standard InChI is InChI=1S/C12H24N2O2/c1-12(2,7-8-16-3)9-13-11(15)14-10-5-4-6-10/h10H,4-9H2,1-3H3,(H2,13,14,15). The molecule has 0 radical (unpaired) electrons. The zero-order valence-electron chi connectivity index (χ0n) is 10.6. The Morgan fingerprint density at radius 1 is 1.44 bits per heavy atom. The Hall–Kier alpha value is -0.770. The predicted molar refractivity (Wildman–Crippen MR) is 64.4 cm³/mol. The number of carbonyl (C=O) groups excluding carboxylic acids is 1. The van der Waals surface area contributed by atoms with Crippen molar-refractivity contribution in [3.8, 4) is 0 Å². The summed E-state index contributed by atoms with van der Waals surface area (Å²) in [6.45, 7) is 5.69. The molecule has 1 fully saturated rings. The molecule has 0 heterocycles. The Bertz CT molecular complexity index is 225. The van der Waals surface area contributed by atoms with Crippen molar-refractivity contribution in [1.29, 1.82) is 0 Å². The molecule has 1 rings (SSSR count). The van der Waals surface area contributed by atoms with Crippen molar-refractivity contribution in [2.45, 2.75) is 45.6 Å². The average Bonchev–Trinajstić information content (AvgIpc) is 2.18. The summed E-state index contributed by atoms with van der Waals surface area (Å²) < 4.78 is 5.05. The first-order valence-electron chi connectivity index (χ1n) is 6.07. The summed E-state index contributed by atoms with van der Waals surface area (Å²) >= 11 is 0. The smallest absolute Gasteiger partial charge is 0.315 e. The summed E-state index contributed by atoms with van der Waals surface area (Å²) in [5, 5.41) is 5.89. The molecule has 4 heteroatoms. The third-order valence-electron chi connectivity index (χ3n) is 3.15. The predicted octanol–water partition coefficient (Wildman–Crippen LogP) is 1.90. The fourth-order valence-corrected chi connectivity index (χ4v) is 1.58. The van der Waals surface area contributed by atoms with E-state index in [0.717, 1.165) is 25.9 Å². The Balaban J connectivity index is 2.13. The second-order valence-corrected chi connectivity index (χ2v) is 5.36. The highest BCUT2D eigenvalue weighted by Gasteiger charge is 2.21. The van der Waals surface area contributed by atoms with Gasteiger partial charge in [0.1, 0.15) is 0 Å². The van der Waals surface area contributed by atoms with Crippen molar-refractivity contribution in [2.24, 2.45) is 5.41 Å². The molecule has 0 aliphatic heterocycles. The van der Waals surface area contributed by atoms with Gasteiger partial charge in [0.05, 0.1) is 0 Å². The number of nitrogens with one attached hydrogen (secondary N) is 2. The van der Waals surface area contributed by atoms with Gasteiger partial charge in [0.2, 0.25) is 0 Å². The number of ether oxygens (including phenoxy) is 1. The van der Waals surface area contributed by atoms with E-state index in [1.807, 2.05) is 0 Å². The first-order chi connectivity index (χ1) is 7.53. The van der Waals surface area contributed by atoms with E-state index in [0.29, 0.717) is 12.6 Å². The lowest BCUT2D eigenvalue weighted by Crippen LogP contribution is -2.47. The fraction of sp³-hybridized carbons (Fsp3) is 0.917.